The van der Waals surface area contributed by atoms with Crippen molar-refractivity contribution in [1.29, 1.82) is 0 Å². The van der Waals surface area contributed by atoms with E-state index in [-0.39, 0.29) is 17.1 Å². The van der Waals surface area contributed by atoms with E-state index in [4.69, 9.17) is 18.9 Å². The Hall–Kier alpha value is -3.56. The summed E-state index contributed by atoms with van der Waals surface area (Å²) in [6, 6.07) is 9.15. The van der Waals surface area contributed by atoms with Crippen LogP contribution in [0.5, 0.6) is 23.0 Å². The SMILES string of the molecule is COc1cc(C(=O)OCC(=O)NCCc2ccc3c(c2)OCCO3)ccc1OC(F)F. The van der Waals surface area contributed by atoms with Crippen molar-refractivity contribution in [2.24, 2.45) is 0 Å². The van der Waals surface area contributed by atoms with Crippen LogP contribution in [0.1, 0.15) is 15.9 Å². The van der Waals surface area contributed by atoms with Gasteiger partial charge < -0.3 is 29.0 Å². The zero-order valence-electron chi connectivity index (χ0n) is 16.7. The Kier molecular flexibility index (Phi) is 7.47. The maximum absolute atomic E-state index is 12.4. The molecule has 1 aliphatic rings. The van der Waals surface area contributed by atoms with Gasteiger partial charge in [0, 0.05) is 6.54 Å². The van der Waals surface area contributed by atoms with Crippen molar-refractivity contribution >= 4 is 11.9 Å². The Morgan fingerprint density at radius 3 is 2.58 bits per heavy atom. The standard InChI is InChI=1S/C21H21F2NO7/c1-27-17-11-14(3-5-16(17)31-21(22)23)20(26)30-12-19(25)24-7-6-13-2-4-15-18(10-13)29-9-8-28-15/h2-5,10-11,21H,6-9,12H2,1H3,(H,24,25). The van der Waals surface area contributed by atoms with Gasteiger partial charge in [0.15, 0.2) is 29.6 Å². The number of rotatable bonds is 9. The lowest BCUT2D eigenvalue weighted by Gasteiger charge is -2.18. The average molecular weight is 437 g/mol. The second kappa shape index (κ2) is 10.5. The van der Waals surface area contributed by atoms with Gasteiger partial charge >= 0.3 is 12.6 Å². The summed E-state index contributed by atoms with van der Waals surface area (Å²) in [5.41, 5.74) is 0.988. The number of carbonyl (C=O) groups is 2. The third kappa shape index (κ3) is 6.21. The Bertz CT molecular complexity index is 936. The highest BCUT2D eigenvalue weighted by Gasteiger charge is 2.16. The molecule has 0 bridgehead atoms. The monoisotopic (exact) mass is 437 g/mol. The number of hydrogen-bond acceptors (Lipinski definition) is 7. The lowest BCUT2D eigenvalue weighted by Crippen LogP contribution is -2.30. The molecule has 8 nitrogen and oxygen atoms in total. The smallest absolute Gasteiger partial charge is 0.387 e. The van der Waals surface area contributed by atoms with Crippen LogP contribution in [0.25, 0.3) is 0 Å². The molecule has 0 aliphatic carbocycles. The van der Waals surface area contributed by atoms with Crippen molar-refractivity contribution in [3.63, 3.8) is 0 Å². The zero-order chi connectivity index (χ0) is 22.2. The third-order valence-electron chi connectivity index (χ3n) is 4.29. The van der Waals surface area contributed by atoms with Gasteiger partial charge in [0.05, 0.1) is 12.7 Å². The summed E-state index contributed by atoms with van der Waals surface area (Å²) in [7, 11) is 1.25. The number of halogens is 2. The highest BCUT2D eigenvalue weighted by atomic mass is 19.3. The first-order chi connectivity index (χ1) is 15.0. The van der Waals surface area contributed by atoms with Crippen LogP contribution in [0.15, 0.2) is 36.4 Å². The van der Waals surface area contributed by atoms with Crippen molar-refractivity contribution in [2.75, 3.05) is 33.5 Å². The molecule has 2 aromatic carbocycles. The molecule has 1 N–H and O–H groups in total. The number of ether oxygens (including phenoxy) is 5. The average Bonchev–Trinajstić information content (AvgIpc) is 2.77. The molecule has 1 heterocycles. The topological polar surface area (TPSA) is 92.3 Å². The van der Waals surface area contributed by atoms with E-state index in [1.807, 2.05) is 18.2 Å². The molecule has 1 aliphatic heterocycles. The van der Waals surface area contributed by atoms with Crippen LogP contribution in [0.4, 0.5) is 8.78 Å². The van der Waals surface area contributed by atoms with Gasteiger partial charge in [-0.2, -0.15) is 8.78 Å². The van der Waals surface area contributed by atoms with Crippen LogP contribution in [-0.4, -0.2) is 52.0 Å². The first-order valence-corrected chi connectivity index (χ1v) is 9.41. The molecule has 2 aromatic rings. The molecular weight excluding hydrogens is 416 g/mol. The molecule has 1 amide bonds. The Balaban J connectivity index is 1.44. The van der Waals surface area contributed by atoms with Crippen LogP contribution in [-0.2, 0) is 16.0 Å². The third-order valence-corrected chi connectivity index (χ3v) is 4.29. The van der Waals surface area contributed by atoms with Gasteiger partial charge in [-0.05, 0) is 42.3 Å². The zero-order valence-corrected chi connectivity index (χ0v) is 16.7. The first-order valence-electron chi connectivity index (χ1n) is 9.41. The molecule has 31 heavy (non-hydrogen) atoms. The molecule has 0 unspecified atom stereocenters. The number of methoxy groups -OCH3 is 1. The molecule has 0 aromatic heterocycles. The summed E-state index contributed by atoms with van der Waals surface area (Å²) in [6.07, 6.45) is 0.555. The summed E-state index contributed by atoms with van der Waals surface area (Å²) in [5, 5.41) is 2.66. The molecule has 0 spiro atoms. The predicted octanol–water partition coefficient (Wildman–Crippen LogP) is 2.58. The van der Waals surface area contributed by atoms with E-state index in [9.17, 15) is 18.4 Å². The Labute approximate surface area is 177 Å². The summed E-state index contributed by atoms with van der Waals surface area (Å²) in [5.74, 6) is -0.190. The van der Waals surface area contributed by atoms with Crippen LogP contribution in [0.2, 0.25) is 0 Å². The fourth-order valence-corrected chi connectivity index (χ4v) is 2.84. The van der Waals surface area contributed by atoms with Crippen LogP contribution >= 0.6 is 0 Å². The number of carbonyl (C=O) groups excluding carboxylic acids is 2. The molecular formula is C21H21F2NO7. The molecule has 0 saturated heterocycles. The quantitative estimate of drug-likeness (QED) is 0.603. The number of hydrogen-bond donors (Lipinski definition) is 1. The van der Waals surface area contributed by atoms with Gasteiger partial charge in [-0.1, -0.05) is 6.07 Å². The summed E-state index contributed by atoms with van der Waals surface area (Å²) >= 11 is 0. The number of nitrogens with one attached hydrogen (secondary N) is 1. The van der Waals surface area contributed by atoms with Crippen LogP contribution in [0.3, 0.4) is 0 Å². The van der Waals surface area contributed by atoms with Crippen LogP contribution < -0.4 is 24.3 Å². The summed E-state index contributed by atoms with van der Waals surface area (Å²) < 4.78 is 49.9. The fourth-order valence-electron chi connectivity index (χ4n) is 2.84. The lowest BCUT2D eigenvalue weighted by molar-refractivity contribution is -0.124. The van der Waals surface area contributed by atoms with Gasteiger partial charge in [0.1, 0.15) is 13.2 Å². The minimum absolute atomic E-state index is 0.0301. The van der Waals surface area contributed by atoms with E-state index >= 15 is 0 Å². The molecule has 0 saturated carbocycles. The van der Waals surface area contributed by atoms with Gasteiger partial charge in [0.2, 0.25) is 0 Å². The predicted molar refractivity (Wildman–Crippen MR) is 104 cm³/mol. The minimum atomic E-state index is -3.03. The Morgan fingerprint density at radius 1 is 1.06 bits per heavy atom. The van der Waals surface area contributed by atoms with Crippen molar-refractivity contribution < 1.29 is 42.1 Å². The number of fused-ring (bicyclic) bond motifs is 1. The van der Waals surface area contributed by atoms with Gasteiger partial charge in [-0.25, -0.2) is 4.79 Å². The normalized spacial score (nSPS) is 12.3. The lowest BCUT2D eigenvalue weighted by atomic mass is 10.1. The molecule has 0 radical (unpaired) electrons. The van der Waals surface area contributed by atoms with E-state index in [2.05, 4.69) is 10.1 Å². The van der Waals surface area contributed by atoms with Crippen molar-refractivity contribution in [2.45, 2.75) is 13.0 Å². The summed E-state index contributed by atoms with van der Waals surface area (Å²) in [4.78, 5) is 24.0. The van der Waals surface area contributed by atoms with E-state index in [0.717, 1.165) is 11.6 Å². The number of benzene rings is 2. The minimum Gasteiger partial charge on any atom is -0.493 e. The number of alkyl halides is 2. The number of amides is 1. The highest BCUT2D eigenvalue weighted by Crippen LogP contribution is 2.31. The summed E-state index contributed by atoms with van der Waals surface area (Å²) in [6.45, 7) is -2.17. The van der Waals surface area contributed by atoms with E-state index in [1.54, 1.807) is 0 Å². The Morgan fingerprint density at radius 2 is 1.84 bits per heavy atom. The first kappa shape index (κ1) is 22.1. The molecule has 166 valence electrons. The second-order valence-corrected chi connectivity index (χ2v) is 6.40. The molecule has 0 fully saturated rings. The van der Waals surface area contributed by atoms with E-state index in [1.165, 1.54) is 19.2 Å². The second-order valence-electron chi connectivity index (χ2n) is 6.40. The highest BCUT2D eigenvalue weighted by molar-refractivity contribution is 5.92. The van der Waals surface area contributed by atoms with Crippen LogP contribution in [0, 0.1) is 0 Å². The molecule has 3 rings (SSSR count). The maximum Gasteiger partial charge on any atom is 0.387 e. The van der Waals surface area contributed by atoms with Gasteiger partial charge in [-0.15, -0.1) is 0 Å². The maximum atomic E-state index is 12.4. The fraction of sp³-hybridized carbons (Fsp3) is 0.333. The molecule has 10 heteroatoms. The van der Waals surface area contributed by atoms with Crippen molar-refractivity contribution in [1.82, 2.24) is 5.32 Å². The van der Waals surface area contributed by atoms with Gasteiger partial charge in [0.25, 0.3) is 5.91 Å². The van der Waals surface area contributed by atoms with Crippen molar-refractivity contribution in [3.05, 3.63) is 47.5 Å². The molecule has 0 atom stereocenters. The van der Waals surface area contributed by atoms with Gasteiger partial charge in [-0.3, -0.25) is 4.79 Å². The largest absolute Gasteiger partial charge is 0.493 e. The van der Waals surface area contributed by atoms with Crippen molar-refractivity contribution in [3.8, 4) is 23.0 Å². The van der Waals surface area contributed by atoms with E-state index in [0.29, 0.717) is 37.7 Å². The number of esters is 1. The van der Waals surface area contributed by atoms with E-state index < -0.39 is 25.1 Å².